The van der Waals surface area contributed by atoms with Gasteiger partial charge in [-0.25, -0.2) is 0 Å². The lowest BCUT2D eigenvalue weighted by Crippen LogP contribution is -2.30. The summed E-state index contributed by atoms with van der Waals surface area (Å²) in [6.07, 6.45) is 1.79. The molecule has 6 nitrogen and oxygen atoms in total. The number of likely N-dealkylation sites (N-methyl/N-ethyl adjacent to an activating group) is 1. The van der Waals surface area contributed by atoms with Gasteiger partial charge in [-0.05, 0) is 53.2 Å². The van der Waals surface area contributed by atoms with Crippen molar-refractivity contribution in [2.24, 2.45) is 0 Å². The van der Waals surface area contributed by atoms with Gasteiger partial charge in [-0.1, -0.05) is 53.7 Å². The third-order valence-electron chi connectivity index (χ3n) is 6.42. The Bertz CT molecular complexity index is 1190. The fraction of sp³-hybridized carbons (Fsp3) is 0.414. The van der Waals surface area contributed by atoms with Crippen molar-refractivity contribution < 1.29 is 14.7 Å². The Kier molecular flexibility index (Phi) is 6.98. The van der Waals surface area contributed by atoms with E-state index in [9.17, 15) is 14.7 Å². The van der Waals surface area contributed by atoms with Crippen LogP contribution >= 0.6 is 0 Å². The van der Waals surface area contributed by atoms with E-state index in [-0.39, 0.29) is 34.8 Å². The second-order valence-corrected chi connectivity index (χ2v) is 11.4. The first kappa shape index (κ1) is 26.2. The molecule has 0 aliphatic carbocycles. The zero-order valence-corrected chi connectivity index (χ0v) is 22.1. The number of carbonyl (C=O) groups excluding carboxylic acids is 2. The largest absolute Gasteiger partial charge is 0.507 e. The highest BCUT2D eigenvalue weighted by molar-refractivity contribution is 6.06. The van der Waals surface area contributed by atoms with Crippen molar-refractivity contribution in [3.05, 3.63) is 69.3 Å². The molecule has 0 saturated heterocycles. The van der Waals surface area contributed by atoms with Gasteiger partial charge in [-0.15, -0.1) is 0 Å². The minimum atomic E-state index is -0.326. The zero-order valence-electron chi connectivity index (χ0n) is 22.1. The standard InChI is InChI=1S/C29H37N3O3/c1-17(27(35)31-8)11-18-9-10-19-15-32(26(30)21(19)12-18)16-24(33)20-13-22(28(2,3)4)25(34)23(14-20)29(5,6)7/h9-14,30,34H,15-16H2,1-8H3,(H,31,35)/b17-11+,30-26?. The number of hydrogen-bond acceptors (Lipinski definition) is 4. The molecule has 0 radical (unpaired) electrons. The number of phenols is 1. The van der Waals surface area contributed by atoms with Crippen LogP contribution < -0.4 is 5.32 Å². The normalized spacial score (nSPS) is 14.2. The van der Waals surface area contributed by atoms with Crippen LogP contribution in [0.3, 0.4) is 0 Å². The lowest BCUT2D eigenvalue weighted by molar-refractivity contribution is -0.116. The first-order valence-corrected chi connectivity index (χ1v) is 11.9. The number of nitrogens with zero attached hydrogens (tertiary/aromatic N) is 1. The molecule has 1 heterocycles. The van der Waals surface area contributed by atoms with Crippen molar-refractivity contribution in [1.29, 1.82) is 5.41 Å². The third-order valence-corrected chi connectivity index (χ3v) is 6.42. The van der Waals surface area contributed by atoms with E-state index in [1.165, 1.54) is 0 Å². The number of Topliss-reactive ketones (excluding diaryl/α,β-unsaturated/α-hetero) is 1. The summed E-state index contributed by atoms with van der Waals surface area (Å²) in [5.74, 6) is 0.308. The maximum absolute atomic E-state index is 13.4. The summed E-state index contributed by atoms with van der Waals surface area (Å²) < 4.78 is 0. The first-order valence-electron chi connectivity index (χ1n) is 11.9. The van der Waals surface area contributed by atoms with Crippen molar-refractivity contribution in [3.8, 4) is 5.75 Å². The van der Waals surface area contributed by atoms with Crippen LogP contribution in [0, 0.1) is 5.41 Å². The summed E-state index contributed by atoms with van der Waals surface area (Å²) in [7, 11) is 1.59. The second kappa shape index (κ2) is 9.33. The Hall–Kier alpha value is -3.41. The highest BCUT2D eigenvalue weighted by Crippen LogP contribution is 2.40. The van der Waals surface area contributed by atoms with Crippen molar-refractivity contribution in [2.45, 2.75) is 65.8 Å². The van der Waals surface area contributed by atoms with Crippen molar-refractivity contribution in [3.63, 3.8) is 0 Å². The molecule has 1 aliphatic heterocycles. The van der Waals surface area contributed by atoms with Gasteiger partial charge in [-0.3, -0.25) is 15.0 Å². The predicted molar refractivity (Wildman–Crippen MR) is 141 cm³/mol. The van der Waals surface area contributed by atoms with Crippen LogP contribution in [-0.4, -0.2) is 41.1 Å². The summed E-state index contributed by atoms with van der Waals surface area (Å²) in [6, 6.07) is 9.36. The monoisotopic (exact) mass is 475 g/mol. The Balaban J connectivity index is 1.89. The number of rotatable bonds is 5. The molecular weight excluding hydrogens is 438 g/mol. The average molecular weight is 476 g/mol. The summed E-state index contributed by atoms with van der Waals surface area (Å²) >= 11 is 0. The zero-order chi connectivity index (χ0) is 26.3. The van der Waals surface area contributed by atoms with Crippen LogP contribution in [0.25, 0.3) is 6.08 Å². The van der Waals surface area contributed by atoms with E-state index in [2.05, 4.69) is 5.32 Å². The minimum absolute atomic E-state index is 0.0773. The number of hydrogen-bond donors (Lipinski definition) is 3. The van der Waals surface area contributed by atoms with Gasteiger partial charge in [0.15, 0.2) is 5.78 Å². The number of ketones is 1. The van der Waals surface area contributed by atoms with Crippen molar-refractivity contribution in [1.82, 2.24) is 10.2 Å². The Morgan fingerprint density at radius 3 is 2.14 bits per heavy atom. The van der Waals surface area contributed by atoms with Gasteiger partial charge in [0.25, 0.3) is 0 Å². The van der Waals surface area contributed by atoms with Crippen LogP contribution in [0.15, 0.2) is 35.9 Å². The highest BCUT2D eigenvalue weighted by Gasteiger charge is 2.30. The molecule has 0 saturated carbocycles. The average Bonchev–Trinajstić information content (AvgIpc) is 3.06. The van der Waals surface area contributed by atoms with E-state index in [0.29, 0.717) is 23.5 Å². The molecule has 2 aromatic rings. The number of fused-ring (bicyclic) bond motifs is 1. The van der Waals surface area contributed by atoms with Gasteiger partial charge < -0.3 is 15.3 Å². The molecule has 1 amide bonds. The number of benzene rings is 2. The summed E-state index contributed by atoms with van der Waals surface area (Å²) in [5.41, 5.74) is 4.56. The molecule has 0 fully saturated rings. The van der Waals surface area contributed by atoms with Crippen LogP contribution in [0.5, 0.6) is 5.75 Å². The molecule has 3 N–H and O–H groups in total. The van der Waals surface area contributed by atoms with Gasteiger partial charge in [0, 0.05) is 41.4 Å². The highest BCUT2D eigenvalue weighted by atomic mass is 16.3. The van der Waals surface area contributed by atoms with E-state index in [1.54, 1.807) is 37.1 Å². The predicted octanol–water partition coefficient (Wildman–Crippen LogP) is 5.16. The Morgan fingerprint density at radius 2 is 1.63 bits per heavy atom. The Labute approximate surface area is 208 Å². The summed E-state index contributed by atoms with van der Waals surface area (Å²) in [5, 5.41) is 22.3. The molecule has 2 aromatic carbocycles. The Morgan fingerprint density at radius 1 is 1.06 bits per heavy atom. The van der Waals surface area contributed by atoms with Crippen LogP contribution in [0.1, 0.15) is 86.6 Å². The van der Waals surface area contributed by atoms with Crippen LogP contribution in [0.2, 0.25) is 0 Å². The number of aromatic hydroxyl groups is 1. The topological polar surface area (TPSA) is 93.5 Å². The van der Waals surface area contributed by atoms with Crippen LogP contribution in [0.4, 0.5) is 0 Å². The van der Waals surface area contributed by atoms with E-state index in [0.717, 1.165) is 27.8 Å². The van der Waals surface area contributed by atoms with E-state index < -0.39 is 0 Å². The number of phenolic OH excluding ortho intramolecular Hbond substituents is 1. The SMILES string of the molecule is CNC(=O)/C(C)=C/c1ccc2c(c1)C(=N)N(CC(=O)c1cc(C(C)(C)C)c(O)c(C(C)(C)C)c1)C2. The quantitative estimate of drug-likeness (QED) is 0.411. The van der Waals surface area contributed by atoms with E-state index in [1.807, 2.05) is 59.7 Å². The molecule has 0 spiro atoms. The first-order chi connectivity index (χ1) is 16.1. The molecule has 0 bridgehead atoms. The number of carbonyl (C=O) groups is 2. The number of amides is 1. The fourth-order valence-corrected chi connectivity index (χ4v) is 4.35. The molecule has 3 rings (SSSR count). The van der Waals surface area contributed by atoms with Gasteiger partial charge in [-0.2, -0.15) is 0 Å². The molecule has 0 unspecified atom stereocenters. The molecule has 0 aromatic heterocycles. The van der Waals surface area contributed by atoms with Crippen molar-refractivity contribution >= 4 is 23.6 Å². The van der Waals surface area contributed by atoms with Gasteiger partial charge in [0.05, 0.1) is 6.54 Å². The summed E-state index contributed by atoms with van der Waals surface area (Å²) in [6.45, 7) is 14.4. The number of amidine groups is 1. The molecule has 0 atom stereocenters. The fourth-order valence-electron chi connectivity index (χ4n) is 4.35. The smallest absolute Gasteiger partial charge is 0.246 e. The molecular formula is C29H37N3O3. The molecule has 1 aliphatic rings. The molecule has 186 valence electrons. The third kappa shape index (κ3) is 5.47. The van der Waals surface area contributed by atoms with Gasteiger partial charge in [0.1, 0.15) is 11.6 Å². The van der Waals surface area contributed by atoms with Crippen molar-refractivity contribution in [2.75, 3.05) is 13.6 Å². The van der Waals surface area contributed by atoms with E-state index in [4.69, 9.17) is 5.41 Å². The number of nitrogens with one attached hydrogen (secondary N) is 2. The summed E-state index contributed by atoms with van der Waals surface area (Å²) in [4.78, 5) is 27.0. The van der Waals surface area contributed by atoms with E-state index >= 15 is 0 Å². The maximum Gasteiger partial charge on any atom is 0.246 e. The van der Waals surface area contributed by atoms with Gasteiger partial charge >= 0.3 is 0 Å². The minimum Gasteiger partial charge on any atom is -0.507 e. The molecule has 35 heavy (non-hydrogen) atoms. The second-order valence-electron chi connectivity index (χ2n) is 11.4. The lowest BCUT2D eigenvalue weighted by atomic mass is 9.78. The maximum atomic E-state index is 13.4. The molecule has 6 heteroatoms. The van der Waals surface area contributed by atoms with Gasteiger partial charge in [0.2, 0.25) is 5.91 Å². The lowest BCUT2D eigenvalue weighted by Gasteiger charge is -2.28. The van der Waals surface area contributed by atoms with Crippen LogP contribution in [-0.2, 0) is 22.2 Å².